The highest BCUT2D eigenvalue weighted by Gasteiger charge is 2.28. The smallest absolute Gasteiger partial charge is 0.272 e. The lowest BCUT2D eigenvalue weighted by atomic mass is 10.1. The number of imidazole rings is 1. The molecule has 1 saturated heterocycles. The molecule has 45 heavy (non-hydrogen) atoms. The summed E-state index contributed by atoms with van der Waals surface area (Å²) in [7, 11) is 3.58. The zero-order valence-corrected chi connectivity index (χ0v) is 26.3. The van der Waals surface area contributed by atoms with Crippen LogP contribution in [0.5, 0.6) is 5.75 Å². The SMILES string of the molecule is CN1CCC[C@H]1C(=O)NCc1ccc(Cl)c(Nc2nc3cc(C(=O)Nc4ccc(F)c(Cl)c4)c(OCC(F)F)cc3n2C)c1Cl. The number of aryl methyl sites for hydroxylation is 1. The minimum absolute atomic E-state index is 0.0851. The van der Waals surface area contributed by atoms with Crippen molar-refractivity contribution in [2.24, 2.45) is 7.05 Å². The summed E-state index contributed by atoms with van der Waals surface area (Å²) in [5.41, 5.74) is 1.82. The molecule has 2 amide bonds. The molecule has 1 aliphatic rings. The molecule has 0 radical (unpaired) electrons. The van der Waals surface area contributed by atoms with E-state index in [1.165, 1.54) is 24.3 Å². The molecule has 1 aromatic heterocycles. The van der Waals surface area contributed by atoms with Gasteiger partial charge in [0, 0.05) is 25.3 Å². The third-order valence-corrected chi connectivity index (χ3v) is 8.49. The van der Waals surface area contributed by atoms with Crippen molar-refractivity contribution in [2.45, 2.75) is 31.9 Å². The number of anilines is 3. The van der Waals surface area contributed by atoms with E-state index in [1.54, 1.807) is 23.7 Å². The average molecular weight is 684 g/mol. The molecule has 3 N–H and O–H groups in total. The molecule has 1 aliphatic heterocycles. The van der Waals surface area contributed by atoms with Gasteiger partial charge in [0.1, 0.15) is 18.2 Å². The third-order valence-electron chi connectivity index (χ3n) is 7.45. The van der Waals surface area contributed by atoms with Crippen molar-refractivity contribution in [1.82, 2.24) is 19.8 Å². The predicted octanol–water partition coefficient (Wildman–Crippen LogP) is 7.02. The number of rotatable bonds is 10. The van der Waals surface area contributed by atoms with Crippen LogP contribution >= 0.6 is 34.8 Å². The number of hydrogen-bond acceptors (Lipinski definition) is 6. The second-order valence-electron chi connectivity index (χ2n) is 10.5. The molecular weight excluding hydrogens is 656 g/mol. The summed E-state index contributed by atoms with van der Waals surface area (Å²) < 4.78 is 46.6. The van der Waals surface area contributed by atoms with Crippen molar-refractivity contribution in [3.05, 3.63) is 74.5 Å². The number of fused-ring (bicyclic) bond motifs is 1. The van der Waals surface area contributed by atoms with Crippen molar-refractivity contribution in [2.75, 3.05) is 30.8 Å². The number of hydrogen-bond donors (Lipinski definition) is 3. The van der Waals surface area contributed by atoms with Crippen LogP contribution in [0.1, 0.15) is 28.8 Å². The van der Waals surface area contributed by atoms with E-state index in [0.717, 1.165) is 25.5 Å². The first-order chi connectivity index (χ1) is 21.4. The van der Waals surface area contributed by atoms with Gasteiger partial charge in [0.15, 0.2) is 0 Å². The topological polar surface area (TPSA) is 101 Å². The van der Waals surface area contributed by atoms with E-state index in [9.17, 15) is 22.8 Å². The zero-order valence-electron chi connectivity index (χ0n) is 24.1. The van der Waals surface area contributed by atoms with Gasteiger partial charge in [-0.25, -0.2) is 18.2 Å². The number of alkyl halides is 2. The molecular formula is C30H28Cl3F3N6O3. The molecule has 4 aromatic rings. The lowest BCUT2D eigenvalue weighted by Gasteiger charge is -2.19. The Morgan fingerprint density at radius 2 is 1.87 bits per heavy atom. The number of amides is 2. The van der Waals surface area contributed by atoms with Gasteiger partial charge in [-0.2, -0.15) is 0 Å². The summed E-state index contributed by atoms with van der Waals surface area (Å²) in [6.07, 6.45) is -1.05. The summed E-state index contributed by atoms with van der Waals surface area (Å²) >= 11 is 19.0. The maximum absolute atomic E-state index is 13.6. The fourth-order valence-corrected chi connectivity index (χ4v) is 5.77. The summed E-state index contributed by atoms with van der Waals surface area (Å²) in [5.74, 6) is -1.32. The fourth-order valence-electron chi connectivity index (χ4n) is 5.05. The number of halogens is 6. The molecule has 0 saturated carbocycles. The van der Waals surface area contributed by atoms with Gasteiger partial charge < -0.3 is 25.3 Å². The molecule has 0 aliphatic carbocycles. The predicted molar refractivity (Wildman–Crippen MR) is 169 cm³/mol. The average Bonchev–Trinajstić information content (AvgIpc) is 3.56. The van der Waals surface area contributed by atoms with E-state index in [4.69, 9.17) is 39.5 Å². The van der Waals surface area contributed by atoms with Gasteiger partial charge in [0.2, 0.25) is 11.9 Å². The minimum atomic E-state index is -2.79. The molecule has 0 spiro atoms. The molecule has 0 unspecified atom stereocenters. The first-order valence-electron chi connectivity index (χ1n) is 13.8. The Hall–Kier alpha value is -3.71. The monoisotopic (exact) mass is 682 g/mol. The number of benzene rings is 3. The zero-order chi connectivity index (χ0) is 32.4. The second kappa shape index (κ2) is 13.7. The largest absolute Gasteiger partial charge is 0.487 e. The fraction of sp³-hybridized carbons (Fsp3) is 0.300. The van der Waals surface area contributed by atoms with E-state index >= 15 is 0 Å². The number of carbonyl (C=O) groups is 2. The third kappa shape index (κ3) is 7.25. The van der Waals surface area contributed by atoms with Gasteiger partial charge in [0.05, 0.1) is 43.4 Å². The lowest BCUT2D eigenvalue weighted by molar-refractivity contribution is -0.125. The number of aromatic nitrogens is 2. The molecule has 238 valence electrons. The Morgan fingerprint density at radius 3 is 2.56 bits per heavy atom. The van der Waals surface area contributed by atoms with Gasteiger partial charge >= 0.3 is 0 Å². The van der Waals surface area contributed by atoms with Crippen LogP contribution < -0.4 is 20.7 Å². The molecule has 3 aromatic carbocycles. The maximum Gasteiger partial charge on any atom is 0.272 e. The number of carbonyl (C=O) groups excluding carboxylic acids is 2. The van der Waals surface area contributed by atoms with Crippen LogP contribution in [0.15, 0.2) is 42.5 Å². The summed E-state index contributed by atoms with van der Waals surface area (Å²) in [6.45, 7) is 0.0860. The number of nitrogens with zero attached hydrogens (tertiary/aromatic N) is 3. The van der Waals surface area contributed by atoms with E-state index in [-0.39, 0.29) is 56.5 Å². The Labute approximate surface area is 271 Å². The molecule has 5 rings (SSSR count). The van der Waals surface area contributed by atoms with Crippen molar-refractivity contribution in [3.63, 3.8) is 0 Å². The molecule has 1 atom stereocenters. The summed E-state index contributed by atoms with van der Waals surface area (Å²) in [5, 5.41) is 8.97. The van der Waals surface area contributed by atoms with E-state index < -0.39 is 24.8 Å². The number of likely N-dealkylation sites (tertiary alicyclic amines) is 1. The van der Waals surface area contributed by atoms with Crippen LogP contribution in [0.3, 0.4) is 0 Å². The highest BCUT2D eigenvalue weighted by atomic mass is 35.5. The molecule has 2 heterocycles. The van der Waals surface area contributed by atoms with E-state index in [2.05, 4.69) is 20.9 Å². The van der Waals surface area contributed by atoms with Gasteiger partial charge in [-0.15, -0.1) is 0 Å². The van der Waals surface area contributed by atoms with Crippen molar-refractivity contribution in [1.29, 1.82) is 0 Å². The van der Waals surface area contributed by atoms with Gasteiger partial charge in [-0.05, 0) is 62.3 Å². The van der Waals surface area contributed by atoms with Gasteiger partial charge in [0.25, 0.3) is 12.3 Å². The first kappa shape index (κ1) is 32.7. The number of nitrogens with one attached hydrogen (secondary N) is 3. The lowest BCUT2D eigenvalue weighted by Crippen LogP contribution is -2.41. The van der Waals surface area contributed by atoms with Crippen LogP contribution in [0, 0.1) is 5.82 Å². The molecule has 9 nitrogen and oxygen atoms in total. The number of ether oxygens (including phenoxy) is 1. The Bertz CT molecular complexity index is 1770. The summed E-state index contributed by atoms with van der Waals surface area (Å²) in [4.78, 5) is 32.5. The van der Waals surface area contributed by atoms with Crippen LogP contribution in [-0.4, -0.2) is 58.9 Å². The first-order valence-corrected chi connectivity index (χ1v) is 15.0. The van der Waals surface area contributed by atoms with Crippen molar-refractivity contribution >= 4 is 75.0 Å². The number of likely N-dealkylation sites (N-methyl/N-ethyl adjacent to an activating group) is 1. The molecule has 1 fully saturated rings. The highest BCUT2D eigenvalue weighted by molar-refractivity contribution is 6.39. The van der Waals surface area contributed by atoms with Crippen molar-refractivity contribution in [3.8, 4) is 5.75 Å². The van der Waals surface area contributed by atoms with Crippen LogP contribution in [0.2, 0.25) is 15.1 Å². The molecule has 15 heteroatoms. The maximum atomic E-state index is 13.6. The van der Waals surface area contributed by atoms with Crippen LogP contribution in [-0.2, 0) is 18.4 Å². The molecule has 0 bridgehead atoms. The van der Waals surface area contributed by atoms with E-state index in [0.29, 0.717) is 22.3 Å². The second-order valence-corrected chi connectivity index (χ2v) is 11.7. The van der Waals surface area contributed by atoms with Crippen LogP contribution in [0.25, 0.3) is 11.0 Å². The Kier molecular flexibility index (Phi) is 9.97. The van der Waals surface area contributed by atoms with E-state index in [1.807, 2.05) is 11.9 Å². The van der Waals surface area contributed by atoms with Gasteiger partial charge in [-0.3, -0.25) is 14.5 Å². The quantitative estimate of drug-likeness (QED) is 0.166. The standard InChI is InChI=1S/C30H28Cl3F3N6O3/c1-41-9-3-4-22(41)29(44)37-13-15-5-7-18(31)27(26(15)33)40-30-39-21-11-17(24(45-14-25(35)36)12-23(21)42(30)2)28(43)38-16-6-8-20(34)19(32)10-16/h5-8,10-12,22,25H,3-4,9,13-14H2,1-2H3,(H,37,44)(H,38,43)(H,39,40)/t22-/m0/s1. The normalized spacial score (nSPS) is 15.1. The van der Waals surface area contributed by atoms with Crippen LogP contribution in [0.4, 0.5) is 30.5 Å². The summed E-state index contributed by atoms with van der Waals surface area (Å²) in [6, 6.07) is 9.57. The van der Waals surface area contributed by atoms with Gasteiger partial charge in [-0.1, -0.05) is 40.9 Å². The Morgan fingerprint density at radius 1 is 1.09 bits per heavy atom. The van der Waals surface area contributed by atoms with Crippen molar-refractivity contribution < 1.29 is 27.5 Å². The minimum Gasteiger partial charge on any atom is -0.487 e. The Balaban J connectivity index is 1.43. The highest BCUT2D eigenvalue weighted by Crippen LogP contribution is 2.37.